The Bertz CT molecular complexity index is 21.2. The van der Waals surface area contributed by atoms with Crippen LogP contribution in [0.15, 0.2) is 0 Å². The van der Waals surface area contributed by atoms with Crippen molar-refractivity contribution in [1.82, 2.24) is 0 Å². The average molecular weight is 232 g/mol. The molecule has 0 bridgehead atoms. The minimum atomic E-state index is 0. The molecular weight excluding hydrogens is 224 g/mol. The molecule has 0 spiro atoms. The molecule has 0 unspecified atom stereocenters. The Kier molecular flexibility index (Phi) is 283. The van der Waals surface area contributed by atoms with Crippen molar-refractivity contribution in [3.8, 4) is 0 Å². The van der Waals surface area contributed by atoms with Crippen LogP contribution in [0.2, 0.25) is 5.28 Å². The van der Waals surface area contributed by atoms with E-state index in [0.717, 1.165) is 17.4 Å². The number of hydrogen-bond donors (Lipinski definition) is 0. The second kappa shape index (κ2) is 68.6. The second-order valence-corrected chi connectivity index (χ2v) is 1.22. The van der Waals surface area contributed by atoms with Crippen LogP contribution in [0.25, 0.3) is 0 Å². The first kappa shape index (κ1) is 33.0. The maximum absolute atomic E-state index is 8.19. The molecule has 0 saturated carbocycles. The van der Waals surface area contributed by atoms with Gasteiger partial charge in [-0.3, -0.25) is 0 Å². The quantitative estimate of drug-likeness (QED) is 0.581. The molecule has 0 amide bonds. The molecule has 0 aromatic heterocycles. The molecule has 0 saturated heterocycles. The summed E-state index contributed by atoms with van der Waals surface area (Å²) in [5.74, 6) is 0. The van der Waals surface area contributed by atoms with E-state index in [2.05, 4.69) is 23.2 Å². The normalized spacial score (nSPS) is 2.50. The van der Waals surface area contributed by atoms with Crippen LogP contribution in [0.5, 0.6) is 0 Å². The third kappa shape index (κ3) is 112. The van der Waals surface area contributed by atoms with Gasteiger partial charge in [-0.05, 0) is 0 Å². The molecule has 51 valence electrons. The van der Waals surface area contributed by atoms with Crippen molar-refractivity contribution < 1.29 is 21.0 Å². The van der Waals surface area contributed by atoms with Gasteiger partial charge in [-0.1, -0.05) is 6.92 Å². The molecule has 0 fully saturated rings. The van der Waals surface area contributed by atoms with Crippen LogP contribution in [0.4, 0.5) is 0 Å². The van der Waals surface area contributed by atoms with Crippen LogP contribution in [-0.2, 0) is 21.0 Å². The Morgan fingerprint density at radius 2 is 1.25 bits per heavy atom. The van der Waals surface area contributed by atoms with Gasteiger partial charge < -0.3 is 0 Å². The number of halogens is 3. The number of rotatable bonds is 0. The third-order valence-electron chi connectivity index (χ3n) is 0. The average Bonchev–Trinajstić information content (AvgIpc) is 1.46. The van der Waals surface area contributed by atoms with E-state index in [0.29, 0.717) is 0 Å². The summed E-state index contributed by atoms with van der Waals surface area (Å²) < 4.78 is 8.19. The van der Waals surface area contributed by atoms with E-state index in [9.17, 15) is 0 Å². The van der Waals surface area contributed by atoms with Gasteiger partial charge in [0, 0.05) is 0 Å². The second-order valence-electron chi connectivity index (χ2n) is 0.408. The monoisotopic (exact) mass is 231 g/mol. The summed E-state index contributed by atoms with van der Waals surface area (Å²) in [6, 6.07) is 0. The minimum absolute atomic E-state index is 0. The predicted molar refractivity (Wildman–Crippen MR) is 38.7 cm³/mol. The first-order valence-corrected chi connectivity index (χ1v) is 2.68. The van der Waals surface area contributed by atoms with Gasteiger partial charge >= 0.3 is 21.0 Å². The maximum atomic E-state index is 8.19. The summed E-state index contributed by atoms with van der Waals surface area (Å²) in [7, 11) is 0. The van der Waals surface area contributed by atoms with Crippen LogP contribution in [0, 0.1) is 0 Å². The van der Waals surface area contributed by atoms with Gasteiger partial charge in [-0.15, -0.1) is 42.5 Å². The van der Waals surface area contributed by atoms with Gasteiger partial charge in [-0.2, -0.15) is 0 Å². The molecule has 0 N–H and O–H groups in total. The molecular formula is C2H8AlCl3OV. The standard InChI is InChI=1S/C2H5.Al.3ClH.O.V/c1-2;;;;;;/h1H2,2H3;;3*1H;;. The van der Waals surface area contributed by atoms with Crippen molar-refractivity contribution in [2.45, 2.75) is 12.2 Å². The first-order chi connectivity index (χ1) is 2.41. The van der Waals surface area contributed by atoms with E-state index in [1.807, 2.05) is 0 Å². The van der Waals surface area contributed by atoms with E-state index in [1.54, 1.807) is 0 Å². The molecule has 2 radical (unpaired) electrons. The van der Waals surface area contributed by atoms with Gasteiger partial charge in [0.1, 0.15) is 16.3 Å². The summed E-state index contributed by atoms with van der Waals surface area (Å²) in [5.41, 5.74) is 0. The number of hydrogen-bond acceptors (Lipinski definition) is 1. The summed E-state index contributed by atoms with van der Waals surface area (Å²) in [6.45, 7) is 2.09. The molecule has 0 atom stereocenters. The molecule has 0 aliphatic rings. The molecule has 0 aliphatic heterocycles. The SMILES string of the molecule is C[CH2][Al].Cl.Cl.Cl.[O]=[V]. The van der Waals surface area contributed by atoms with E-state index >= 15 is 0 Å². The zero-order chi connectivity index (χ0) is 4.71. The molecule has 0 heterocycles. The molecule has 0 aromatic rings. The molecule has 6 heteroatoms. The van der Waals surface area contributed by atoms with Crippen molar-refractivity contribution >= 4 is 53.5 Å². The van der Waals surface area contributed by atoms with E-state index in [4.69, 9.17) is 3.67 Å². The molecule has 0 rings (SSSR count). The van der Waals surface area contributed by atoms with E-state index < -0.39 is 0 Å². The van der Waals surface area contributed by atoms with Gasteiger partial charge in [0.25, 0.3) is 0 Å². The fraction of sp³-hybridized carbons (Fsp3) is 1.00. The molecule has 1 nitrogen and oxygen atoms in total. The molecule has 0 aromatic carbocycles. The summed E-state index contributed by atoms with van der Waals surface area (Å²) in [6.07, 6.45) is 0. The van der Waals surface area contributed by atoms with Gasteiger partial charge in [-0.25, -0.2) is 0 Å². The van der Waals surface area contributed by atoms with Crippen molar-refractivity contribution in [1.29, 1.82) is 0 Å². The van der Waals surface area contributed by atoms with Crippen molar-refractivity contribution in [3.63, 3.8) is 0 Å². The van der Waals surface area contributed by atoms with Gasteiger partial charge in [0.05, 0.1) is 0 Å². The van der Waals surface area contributed by atoms with E-state index in [1.165, 1.54) is 5.28 Å². The van der Waals surface area contributed by atoms with Crippen molar-refractivity contribution in [2.24, 2.45) is 0 Å². The Morgan fingerprint density at radius 1 is 1.25 bits per heavy atom. The van der Waals surface area contributed by atoms with Crippen molar-refractivity contribution in [3.05, 3.63) is 0 Å². The Morgan fingerprint density at radius 3 is 1.25 bits per heavy atom. The van der Waals surface area contributed by atoms with Crippen LogP contribution >= 0.6 is 37.2 Å². The zero-order valence-corrected chi connectivity index (χ0v) is 9.37. The Labute approximate surface area is 86.2 Å². The first-order valence-electron chi connectivity index (χ1n) is 1.30. The van der Waals surface area contributed by atoms with Gasteiger partial charge in [0.2, 0.25) is 0 Å². The van der Waals surface area contributed by atoms with E-state index in [-0.39, 0.29) is 37.2 Å². The van der Waals surface area contributed by atoms with Crippen LogP contribution in [-0.4, -0.2) is 16.3 Å². The molecule has 8 heavy (non-hydrogen) atoms. The zero-order valence-electron chi connectivity index (χ0n) is 4.36. The predicted octanol–water partition coefficient (Wildman–Crippen LogP) is 1.74. The third-order valence-corrected chi connectivity index (χ3v) is 0. The summed E-state index contributed by atoms with van der Waals surface area (Å²) in [4.78, 5) is 0. The Hall–Kier alpha value is 1.79. The topological polar surface area (TPSA) is 17.1 Å². The summed E-state index contributed by atoms with van der Waals surface area (Å²) in [5, 5.41) is 1.17. The van der Waals surface area contributed by atoms with Crippen molar-refractivity contribution in [2.75, 3.05) is 0 Å². The van der Waals surface area contributed by atoms with Crippen LogP contribution in [0.3, 0.4) is 0 Å². The van der Waals surface area contributed by atoms with Crippen LogP contribution < -0.4 is 0 Å². The summed E-state index contributed by atoms with van der Waals surface area (Å²) >= 11 is 3.64. The molecule has 0 aliphatic carbocycles. The fourth-order valence-corrected chi connectivity index (χ4v) is 0. The fourth-order valence-electron chi connectivity index (χ4n) is 0. The Balaban J connectivity index is -0.00000000567. The van der Waals surface area contributed by atoms with Gasteiger partial charge in [0.15, 0.2) is 0 Å². The van der Waals surface area contributed by atoms with Crippen LogP contribution in [0.1, 0.15) is 6.92 Å².